The van der Waals surface area contributed by atoms with Crippen molar-refractivity contribution >= 4 is 12.0 Å². The lowest BCUT2D eigenvalue weighted by Gasteiger charge is -2.12. The van der Waals surface area contributed by atoms with Crippen molar-refractivity contribution in [1.82, 2.24) is 5.32 Å². The average Bonchev–Trinajstić information content (AvgIpc) is 2.51. The molecule has 0 saturated carbocycles. The van der Waals surface area contributed by atoms with Gasteiger partial charge in [-0.2, -0.15) is 5.26 Å². The number of nitriles is 1. The quantitative estimate of drug-likeness (QED) is 0.645. The van der Waals surface area contributed by atoms with Crippen LogP contribution in [-0.4, -0.2) is 26.2 Å². The van der Waals surface area contributed by atoms with Gasteiger partial charge in [0.15, 0.2) is 11.5 Å². The Hall–Kier alpha value is -2.48. The number of hydrogen-bond acceptors (Lipinski definition) is 4. The van der Waals surface area contributed by atoms with Gasteiger partial charge in [-0.05, 0) is 25.5 Å². The summed E-state index contributed by atoms with van der Waals surface area (Å²) < 4.78 is 10.5. The Bertz CT molecular complexity index is 573. The number of methoxy groups -OCH3 is 2. The maximum atomic E-state index is 12.0. The molecule has 1 amide bonds. The fourth-order valence-corrected chi connectivity index (χ4v) is 1.73. The SMILES string of the molecule is CC[C@@H](C)NC(=O)/C(C#N)=C/c1cccc(OC)c1OC. The molecule has 0 heterocycles. The van der Waals surface area contributed by atoms with Crippen LogP contribution < -0.4 is 14.8 Å². The second-order valence-electron chi connectivity index (χ2n) is 4.54. The molecule has 0 aliphatic heterocycles. The number of carbonyl (C=O) groups excluding carboxylic acids is 1. The number of para-hydroxylation sites is 1. The van der Waals surface area contributed by atoms with E-state index in [0.717, 1.165) is 6.42 Å². The van der Waals surface area contributed by atoms with Gasteiger partial charge >= 0.3 is 0 Å². The van der Waals surface area contributed by atoms with Gasteiger partial charge < -0.3 is 14.8 Å². The van der Waals surface area contributed by atoms with Crippen LogP contribution in [0.5, 0.6) is 11.5 Å². The lowest BCUT2D eigenvalue weighted by Crippen LogP contribution is -2.32. The Kier molecular flexibility index (Phi) is 6.28. The molecule has 0 aliphatic rings. The van der Waals surface area contributed by atoms with Crippen LogP contribution in [0.25, 0.3) is 6.08 Å². The van der Waals surface area contributed by atoms with Crippen molar-refractivity contribution in [2.75, 3.05) is 14.2 Å². The van der Waals surface area contributed by atoms with Crippen molar-refractivity contribution in [2.45, 2.75) is 26.3 Å². The molecule has 1 atom stereocenters. The highest BCUT2D eigenvalue weighted by Gasteiger charge is 2.14. The first-order chi connectivity index (χ1) is 10.1. The van der Waals surface area contributed by atoms with Gasteiger partial charge in [0.2, 0.25) is 0 Å². The van der Waals surface area contributed by atoms with Crippen LogP contribution in [-0.2, 0) is 4.79 Å². The zero-order valence-corrected chi connectivity index (χ0v) is 12.8. The van der Waals surface area contributed by atoms with Crippen LogP contribution in [0.3, 0.4) is 0 Å². The van der Waals surface area contributed by atoms with Crippen molar-refractivity contribution in [2.24, 2.45) is 0 Å². The van der Waals surface area contributed by atoms with E-state index in [0.29, 0.717) is 17.1 Å². The standard InChI is InChI=1S/C16H20N2O3/c1-5-11(2)18-16(19)13(10-17)9-12-7-6-8-14(20-3)15(12)21-4/h6-9,11H,5H2,1-4H3,(H,18,19)/b13-9+/t11-/m1/s1. The van der Waals surface area contributed by atoms with Crippen LogP contribution >= 0.6 is 0 Å². The molecule has 1 aromatic rings. The predicted molar refractivity (Wildman–Crippen MR) is 81.0 cm³/mol. The van der Waals surface area contributed by atoms with Crippen LogP contribution in [0, 0.1) is 11.3 Å². The Morgan fingerprint density at radius 1 is 1.43 bits per heavy atom. The monoisotopic (exact) mass is 288 g/mol. The fraction of sp³-hybridized carbons (Fsp3) is 0.375. The molecule has 0 spiro atoms. The van der Waals surface area contributed by atoms with Crippen LogP contribution in [0.4, 0.5) is 0 Å². The number of hydrogen-bond donors (Lipinski definition) is 1. The highest BCUT2D eigenvalue weighted by Crippen LogP contribution is 2.32. The third kappa shape index (κ3) is 4.25. The first-order valence-corrected chi connectivity index (χ1v) is 6.71. The van der Waals surface area contributed by atoms with Crippen molar-refractivity contribution in [3.63, 3.8) is 0 Å². The normalized spacial score (nSPS) is 12.2. The average molecular weight is 288 g/mol. The number of nitrogens with one attached hydrogen (secondary N) is 1. The molecular weight excluding hydrogens is 268 g/mol. The zero-order valence-electron chi connectivity index (χ0n) is 12.8. The molecule has 5 heteroatoms. The van der Waals surface area contributed by atoms with E-state index >= 15 is 0 Å². The van der Waals surface area contributed by atoms with Gasteiger partial charge in [0, 0.05) is 11.6 Å². The van der Waals surface area contributed by atoms with Crippen LogP contribution in [0.2, 0.25) is 0 Å². The summed E-state index contributed by atoms with van der Waals surface area (Å²) in [7, 11) is 3.05. The largest absolute Gasteiger partial charge is 0.493 e. The van der Waals surface area contributed by atoms with Gasteiger partial charge in [-0.25, -0.2) is 0 Å². The molecule has 1 rings (SSSR count). The summed E-state index contributed by atoms with van der Waals surface area (Å²) in [6.07, 6.45) is 2.30. The summed E-state index contributed by atoms with van der Waals surface area (Å²) >= 11 is 0. The molecular formula is C16H20N2O3. The minimum absolute atomic E-state index is 0.0152. The van der Waals surface area contributed by atoms with Gasteiger partial charge in [-0.15, -0.1) is 0 Å². The maximum Gasteiger partial charge on any atom is 0.262 e. The number of ether oxygens (including phenoxy) is 2. The van der Waals surface area contributed by atoms with Gasteiger partial charge in [-0.1, -0.05) is 19.1 Å². The second kappa shape index (κ2) is 7.95. The Morgan fingerprint density at radius 2 is 2.14 bits per heavy atom. The van der Waals surface area contributed by atoms with Crippen molar-refractivity contribution < 1.29 is 14.3 Å². The number of nitrogens with zero attached hydrogens (tertiary/aromatic N) is 1. The van der Waals surface area contributed by atoms with Crippen LogP contribution in [0.1, 0.15) is 25.8 Å². The molecule has 5 nitrogen and oxygen atoms in total. The first kappa shape index (κ1) is 16.6. The summed E-state index contributed by atoms with van der Waals surface area (Å²) in [5.41, 5.74) is 0.648. The van der Waals surface area contributed by atoms with Crippen LogP contribution in [0.15, 0.2) is 23.8 Å². The molecule has 0 unspecified atom stereocenters. The van der Waals surface area contributed by atoms with Crippen molar-refractivity contribution in [1.29, 1.82) is 5.26 Å². The molecule has 0 saturated heterocycles. The van der Waals surface area contributed by atoms with E-state index in [9.17, 15) is 10.1 Å². The van der Waals surface area contributed by atoms with Gasteiger partial charge in [0.05, 0.1) is 14.2 Å². The lowest BCUT2D eigenvalue weighted by atomic mass is 10.1. The lowest BCUT2D eigenvalue weighted by molar-refractivity contribution is -0.117. The van der Waals surface area contributed by atoms with Gasteiger partial charge in [-0.3, -0.25) is 4.79 Å². The fourth-order valence-electron chi connectivity index (χ4n) is 1.73. The summed E-state index contributed by atoms with van der Waals surface area (Å²) in [5, 5.41) is 11.9. The molecule has 1 aromatic carbocycles. The zero-order chi connectivity index (χ0) is 15.8. The van der Waals surface area contributed by atoms with E-state index in [1.807, 2.05) is 19.9 Å². The number of amides is 1. The molecule has 21 heavy (non-hydrogen) atoms. The van der Waals surface area contributed by atoms with E-state index in [-0.39, 0.29) is 11.6 Å². The highest BCUT2D eigenvalue weighted by atomic mass is 16.5. The Labute approximate surface area is 125 Å². The van der Waals surface area contributed by atoms with Crippen molar-refractivity contribution in [3.8, 4) is 17.6 Å². The molecule has 112 valence electrons. The van der Waals surface area contributed by atoms with E-state index in [2.05, 4.69) is 5.32 Å². The minimum Gasteiger partial charge on any atom is -0.493 e. The molecule has 0 radical (unpaired) electrons. The molecule has 0 aromatic heterocycles. The van der Waals surface area contributed by atoms with Crippen molar-refractivity contribution in [3.05, 3.63) is 29.3 Å². The highest BCUT2D eigenvalue weighted by molar-refractivity contribution is 6.02. The van der Waals surface area contributed by atoms with E-state index < -0.39 is 5.91 Å². The van der Waals surface area contributed by atoms with Gasteiger partial charge in [0.1, 0.15) is 11.6 Å². The third-order valence-corrected chi connectivity index (χ3v) is 3.09. The Balaban J connectivity index is 3.15. The summed E-state index contributed by atoms with van der Waals surface area (Å²) in [5.74, 6) is 0.645. The topological polar surface area (TPSA) is 71.4 Å². The van der Waals surface area contributed by atoms with Gasteiger partial charge in [0.25, 0.3) is 5.91 Å². The minimum atomic E-state index is -0.392. The molecule has 1 N–H and O–H groups in total. The second-order valence-corrected chi connectivity index (χ2v) is 4.54. The smallest absolute Gasteiger partial charge is 0.262 e. The summed E-state index contributed by atoms with van der Waals surface area (Å²) in [6, 6.07) is 7.22. The summed E-state index contributed by atoms with van der Waals surface area (Å²) in [6.45, 7) is 3.85. The summed E-state index contributed by atoms with van der Waals surface area (Å²) in [4.78, 5) is 12.0. The van der Waals surface area contributed by atoms with E-state index in [1.54, 1.807) is 18.2 Å². The maximum absolute atomic E-state index is 12.0. The first-order valence-electron chi connectivity index (χ1n) is 6.71. The predicted octanol–water partition coefficient (Wildman–Crippen LogP) is 2.53. The molecule has 0 aliphatic carbocycles. The van der Waals surface area contributed by atoms with E-state index in [4.69, 9.17) is 9.47 Å². The Morgan fingerprint density at radius 3 is 2.67 bits per heavy atom. The van der Waals surface area contributed by atoms with E-state index in [1.165, 1.54) is 20.3 Å². The number of carbonyl (C=O) groups is 1. The number of benzene rings is 1. The molecule has 0 bridgehead atoms. The number of rotatable bonds is 6. The molecule has 0 fully saturated rings. The third-order valence-electron chi connectivity index (χ3n) is 3.09.